The van der Waals surface area contributed by atoms with Gasteiger partial charge in [-0.25, -0.2) is 8.78 Å². The van der Waals surface area contributed by atoms with Crippen LogP contribution in [0.5, 0.6) is 0 Å². The van der Waals surface area contributed by atoms with E-state index in [2.05, 4.69) is 0 Å². The molecule has 4 N–H and O–H groups in total. The minimum Gasteiger partial charge on any atom is -0.368 e. The molecule has 0 bridgehead atoms. The first-order chi connectivity index (χ1) is 9.49. The molecular formula is C15H14F2N2O. The Morgan fingerprint density at radius 2 is 1.20 bits per heavy atom. The number of hydrogen-bond donors (Lipinski definition) is 2. The summed E-state index contributed by atoms with van der Waals surface area (Å²) in [5, 5.41) is 0. The molecule has 1 amide bonds. The van der Waals surface area contributed by atoms with Gasteiger partial charge in [0.05, 0.1) is 6.04 Å². The Morgan fingerprint density at radius 3 is 1.50 bits per heavy atom. The Bertz CT molecular complexity index is 551. The molecule has 0 radical (unpaired) electrons. The largest absolute Gasteiger partial charge is 0.368 e. The van der Waals surface area contributed by atoms with E-state index in [4.69, 9.17) is 11.5 Å². The van der Waals surface area contributed by atoms with Crippen LogP contribution in [0.3, 0.4) is 0 Å². The van der Waals surface area contributed by atoms with Crippen molar-refractivity contribution in [3.8, 4) is 0 Å². The number of carbonyl (C=O) groups excluding carboxylic acids is 1. The molecule has 0 fully saturated rings. The lowest BCUT2D eigenvalue weighted by Gasteiger charge is -2.22. The lowest BCUT2D eigenvalue weighted by Crippen LogP contribution is -2.41. The van der Waals surface area contributed by atoms with Crippen molar-refractivity contribution in [1.82, 2.24) is 0 Å². The summed E-state index contributed by atoms with van der Waals surface area (Å²) in [5.41, 5.74) is 12.4. The van der Waals surface area contributed by atoms with Crippen molar-refractivity contribution in [1.29, 1.82) is 0 Å². The lowest BCUT2D eigenvalue weighted by molar-refractivity contribution is -0.119. The highest BCUT2D eigenvalue weighted by molar-refractivity contribution is 5.81. The Morgan fingerprint density at radius 1 is 0.850 bits per heavy atom. The lowest BCUT2D eigenvalue weighted by atomic mass is 9.85. The zero-order chi connectivity index (χ0) is 14.7. The van der Waals surface area contributed by atoms with Crippen LogP contribution in [0.25, 0.3) is 0 Å². The number of benzene rings is 2. The van der Waals surface area contributed by atoms with Gasteiger partial charge < -0.3 is 11.5 Å². The predicted octanol–water partition coefficient (Wildman–Crippen LogP) is 1.91. The molecule has 0 aliphatic heterocycles. The van der Waals surface area contributed by atoms with Gasteiger partial charge in [-0.3, -0.25) is 4.79 Å². The molecule has 0 saturated heterocycles. The van der Waals surface area contributed by atoms with Crippen LogP contribution in [0.2, 0.25) is 0 Å². The van der Waals surface area contributed by atoms with E-state index >= 15 is 0 Å². The summed E-state index contributed by atoms with van der Waals surface area (Å²) in [7, 11) is 0. The first kappa shape index (κ1) is 14.1. The second-order valence-corrected chi connectivity index (χ2v) is 4.51. The highest BCUT2D eigenvalue weighted by atomic mass is 19.1. The van der Waals surface area contributed by atoms with Crippen LogP contribution >= 0.6 is 0 Å². The number of halogens is 2. The Labute approximate surface area is 115 Å². The molecule has 0 unspecified atom stereocenters. The van der Waals surface area contributed by atoms with Gasteiger partial charge in [0.1, 0.15) is 11.6 Å². The molecule has 0 saturated carbocycles. The Kier molecular flexibility index (Phi) is 4.10. The smallest absolute Gasteiger partial charge is 0.235 e. The molecular weight excluding hydrogens is 262 g/mol. The molecule has 0 aromatic heterocycles. The van der Waals surface area contributed by atoms with Crippen molar-refractivity contribution in [3.63, 3.8) is 0 Å². The molecule has 0 aliphatic carbocycles. The van der Waals surface area contributed by atoms with Crippen LogP contribution in [0.4, 0.5) is 8.78 Å². The highest BCUT2D eigenvalue weighted by Gasteiger charge is 2.26. The van der Waals surface area contributed by atoms with Crippen LogP contribution in [0.15, 0.2) is 48.5 Å². The van der Waals surface area contributed by atoms with Crippen molar-refractivity contribution in [2.24, 2.45) is 11.5 Å². The van der Waals surface area contributed by atoms with E-state index in [9.17, 15) is 13.6 Å². The number of hydrogen-bond acceptors (Lipinski definition) is 2. The fourth-order valence-electron chi connectivity index (χ4n) is 2.11. The van der Waals surface area contributed by atoms with Crippen LogP contribution in [0, 0.1) is 11.6 Å². The number of primary amides is 1. The van der Waals surface area contributed by atoms with Gasteiger partial charge in [-0.15, -0.1) is 0 Å². The molecule has 104 valence electrons. The van der Waals surface area contributed by atoms with Gasteiger partial charge in [0.25, 0.3) is 0 Å². The summed E-state index contributed by atoms with van der Waals surface area (Å²) < 4.78 is 26.0. The van der Waals surface area contributed by atoms with Gasteiger partial charge >= 0.3 is 0 Å². The number of amides is 1. The third-order valence-corrected chi connectivity index (χ3v) is 3.15. The third kappa shape index (κ3) is 3.00. The fraction of sp³-hybridized carbons (Fsp3) is 0.133. The van der Waals surface area contributed by atoms with Crippen molar-refractivity contribution >= 4 is 5.91 Å². The first-order valence-electron chi connectivity index (χ1n) is 6.05. The van der Waals surface area contributed by atoms with E-state index in [-0.39, 0.29) is 11.6 Å². The SMILES string of the molecule is NC(=O)[C@@H](N)C(c1ccc(F)cc1)c1ccc(F)cc1. The van der Waals surface area contributed by atoms with Gasteiger partial charge in [-0.2, -0.15) is 0 Å². The second-order valence-electron chi connectivity index (χ2n) is 4.51. The Balaban J connectivity index is 2.46. The molecule has 20 heavy (non-hydrogen) atoms. The van der Waals surface area contributed by atoms with Crippen molar-refractivity contribution in [2.75, 3.05) is 0 Å². The fourth-order valence-corrected chi connectivity index (χ4v) is 2.11. The molecule has 0 aliphatic rings. The van der Waals surface area contributed by atoms with Gasteiger partial charge in [0, 0.05) is 5.92 Å². The molecule has 0 heterocycles. The van der Waals surface area contributed by atoms with Gasteiger partial charge in [-0.05, 0) is 35.4 Å². The van der Waals surface area contributed by atoms with Crippen molar-refractivity contribution in [3.05, 3.63) is 71.3 Å². The van der Waals surface area contributed by atoms with E-state index in [1.807, 2.05) is 0 Å². The molecule has 1 atom stereocenters. The van der Waals surface area contributed by atoms with Crippen molar-refractivity contribution < 1.29 is 13.6 Å². The topological polar surface area (TPSA) is 69.1 Å². The van der Waals surface area contributed by atoms with Gasteiger partial charge in [0.15, 0.2) is 0 Å². The van der Waals surface area contributed by atoms with Gasteiger partial charge in [0.2, 0.25) is 5.91 Å². The zero-order valence-electron chi connectivity index (χ0n) is 10.6. The normalized spacial score (nSPS) is 12.4. The van der Waals surface area contributed by atoms with E-state index in [0.717, 1.165) is 0 Å². The maximum Gasteiger partial charge on any atom is 0.235 e. The summed E-state index contributed by atoms with van der Waals surface area (Å²) in [5.74, 6) is -2.00. The van der Waals surface area contributed by atoms with Crippen LogP contribution in [0.1, 0.15) is 17.0 Å². The average molecular weight is 276 g/mol. The number of rotatable bonds is 4. The standard InChI is InChI=1S/C15H14F2N2O/c16-11-5-1-9(2-6-11)13(14(18)15(19)20)10-3-7-12(17)8-4-10/h1-8,13-14H,18H2,(H2,19,20)/t14-/m0/s1. The predicted molar refractivity (Wildman–Crippen MR) is 71.8 cm³/mol. The third-order valence-electron chi connectivity index (χ3n) is 3.15. The summed E-state index contributed by atoms with van der Waals surface area (Å²) in [6.07, 6.45) is 0. The summed E-state index contributed by atoms with van der Waals surface area (Å²) in [4.78, 5) is 11.4. The molecule has 0 spiro atoms. The minimum atomic E-state index is -0.981. The number of nitrogens with two attached hydrogens (primary N) is 2. The van der Waals surface area contributed by atoms with E-state index in [1.165, 1.54) is 48.5 Å². The van der Waals surface area contributed by atoms with Crippen LogP contribution < -0.4 is 11.5 Å². The average Bonchev–Trinajstić information content (AvgIpc) is 2.43. The van der Waals surface area contributed by atoms with Gasteiger partial charge in [-0.1, -0.05) is 24.3 Å². The first-order valence-corrected chi connectivity index (χ1v) is 6.05. The minimum absolute atomic E-state index is 0.390. The van der Waals surface area contributed by atoms with E-state index < -0.39 is 17.9 Å². The maximum atomic E-state index is 13.0. The highest BCUT2D eigenvalue weighted by Crippen LogP contribution is 2.27. The molecule has 5 heteroatoms. The van der Waals surface area contributed by atoms with E-state index in [1.54, 1.807) is 0 Å². The van der Waals surface area contributed by atoms with E-state index in [0.29, 0.717) is 11.1 Å². The number of carbonyl (C=O) groups is 1. The van der Waals surface area contributed by atoms with Crippen molar-refractivity contribution in [2.45, 2.75) is 12.0 Å². The monoisotopic (exact) mass is 276 g/mol. The molecule has 2 aromatic rings. The van der Waals surface area contributed by atoms with Crippen LogP contribution in [-0.4, -0.2) is 11.9 Å². The second kappa shape index (κ2) is 5.79. The summed E-state index contributed by atoms with van der Waals surface area (Å²) in [6.45, 7) is 0. The quantitative estimate of drug-likeness (QED) is 0.895. The van der Waals surface area contributed by atoms with Crippen LogP contribution in [-0.2, 0) is 4.79 Å². The molecule has 2 aromatic carbocycles. The molecule has 3 nitrogen and oxygen atoms in total. The maximum absolute atomic E-state index is 13.0. The molecule has 2 rings (SSSR count). The Hall–Kier alpha value is -2.27. The summed E-state index contributed by atoms with van der Waals surface area (Å²) in [6, 6.07) is 10.3. The zero-order valence-corrected chi connectivity index (χ0v) is 10.6. The summed E-state index contributed by atoms with van der Waals surface area (Å²) >= 11 is 0.